The van der Waals surface area contributed by atoms with Crippen molar-refractivity contribution < 1.29 is 4.79 Å². The third kappa shape index (κ3) is 3.50. The van der Waals surface area contributed by atoms with Crippen molar-refractivity contribution in [3.8, 4) is 0 Å². The summed E-state index contributed by atoms with van der Waals surface area (Å²) in [4.78, 5) is 12.3. The second-order valence-corrected chi connectivity index (χ2v) is 6.40. The first-order valence-corrected chi connectivity index (χ1v) is 8.48. The molecule has 0 aliphatic heterocycles. The van der Waals surface area contributed by atoms with Crippen molar-refractivity contribution in [1.82, 2.24) is 20.4 Å². The highest BCUT2D eigenvalue weighted by Gasteiger charge is 2.18. The number of urea groups is 1. The number of amides is 2. The van der Waals surface area contributed by atoms with Crippen molar-refractivity contribution in [2.45, 2.75) is 33.4 Å². The highest BCUT2D eigenvalue weighted by molar-refractivity contribution is 5.86. The van der Waals surface area contributed by atoms with Crippen LogP contribution >= 0.6 is 0 Å². The van der Waals surface area contributed by atoms with Gasteiger partial charge in [0.15, 0.2) is 0 Å². The Kier molecular flexibility index (Phi) is 4.74. The lowest BCUT2D eigenvalue weighted by atomic mass is 10.0. The maximum absolute atomic E-state index is 12.3. The van der Waals surface area contributed by atoms with Gasteiger partial charge in [-0.25, -0.2) is 4.79 Å². The van der Waals surface area contributed by atoms with Gasteiger partial charge in [0.05, 0.1) is 11.7 Å². The molecule has 25 heavy (non-hydrogen) atoms. The largest absolute Gasteiger partial charge is 0.334 e. The molecule has 0 bridgehead atoms. The average molecular weight is 336 g/mol. The Morgan fingerprint density at radius 2 is 1.88 bits per heavy atom. The molecule has 0 saturated carbocycles. The van der Waals surface area contributed by atoms with Crippen LogP contribution in [-0.2, 0) is 13.6 Å². The van der Waals surface area contributed by atoms with Crippen LogP contribution in [0.15, 0.2) is 42.5 Å². The Bertz CT molecular complexity index is 908. The zero-order valence-electron chi connectivity index (χ0n) is 15.1. The number of hydrogen-bond donors (Lipinski definition) is 2. The van der Waals surface area contributed by atoms with Crippen molar-refractivity contribution in [1.29, 1.82) is 0 Å². The summed E-state index contributed by atoms with van der Waals surface area (Å²) < 4.78 is 1.84. The quantitative estimate of drug-likeness (QED) is 0.762. The molecule has 5 nitrogen and oxygen atoms in total. The molecule has 2 aromatic carbocycles. The van der Waals surface area contributed by atoms with E-state index in [0.29, 0.717) is 6.54 Å². The summed E-state index contributed by atoms with van der Waals surface area (Å²) in [7, 11) is 1.92. The Labute approximate surface area is 148 Å². The molecule has 3 rings (SSSR count). The number of benzene rings is 2. The topological polar surface area (TPSA) is 59.0 Å². The highest BCUT2D eigenvalue weighted by Crippen LogP contribution is 2.21. The predicted molar refractivity (Wildman–Crippen MR) is 100 cm³/mol. The molecule has 0 fully saturated rings. The lowest BCUT2D eigenvalue weighted by molar-refractivity contribution is 0.237. The second kappa shape index (κ2) is 6.97. The number of nitrogens with one attached hydrogen (secondary N) is 2. The SMILES string of the molecule is Cc1nn(C)c(C)c1[C@H](C)NC(=O)NCc1cccc2ccccc12. The van der Waals surface area contributed by atoms with Crippen LogP contribution in [-0.4, -0.2) is 15.8 Å². The van der Waals surface area contributed by atoms with Gasteiger partial charge in [-0.3, -0.25) is 4.68 Å². The lowest BCUT2D eigenvalue weighted by Gasteiger charge is -2.16. The van der Waals surface area contributed by atoms with E-state index in [-0.39, 0.29) is 12.1 Å². The van der Waals surface area contributed by atoms with Gasteiger partial charge < -0.3 is 10.6 Å². The van der Waals surface area contributed by atoms with Gasteiger partial charge in [0, 0.05) is 24.8 Å². The van der Waals surface area contributed by atoms with Gasteiger partial charge in [0.2, 0.25) is 0 Å². The van der Waals surface area contributed by atoms with E-state index in [4.69, 9.17) is 0 Å². The van der Waals surface area contributed by atoms with Crippen LogP contribution in [0.4, 0.5) is 4.79 Å². The average Bonchev–Trinajstić information content (AvgIpc) is 2.85. The van der Waals surface area contributed by atoms with Crippen LogP contribution in [0.5, 0.6) is 0 Å². The summed E-state index contributed by atoms with van der Waals surface area (Å²) in [5, 5.41) is 12.7. The third-order valence-corrected chi connectivity index (χ3v) is 4.66. The molecule has 1 aromatic heterocycles. The molecule has 130 valence electrons. The smallest absolute Gasteiger partial charge is 0.315 e. The molecule has 2 N–H and O–H groups in total. The minimum absolute atomic E-state index is 0.0961. The molecular weight excluding hydrogens is 312 g/mol. The van der Waals surface area contributed by atoms with E-state index in [1.807, 2.05) is 56.8 Å². The number of rotatable bonds is 4. The maximum Gasteiger partial charge on any atom is 0.315 e. The first kappa shape index (κ1) is 17.0. The molecule has 0 spiro atoms. The molecule has 0 radical (unpaired) electrons. The minimum atomic E-state index is -0.178. The highest BCUT2D eigenvalue weighted by atomic mass is 16.2. The minimum Gasteiger partial charge on any atom is -0.334 e. The second-order valence-electron chi connectivity index (χ2n) is 6.40. The number of aromatic nitrogens is 2. The van der Waals surface area contributed by atoms with Gasteiger partial charge in [0.1, 0.15) is 0 Å². The van der Waals surface area contributed by atoms with E-state index in [1.54, 1.807) is 0 Å². The van der Waals surface area contributed by atoms with Crippen LogP contribution < -0.4 is 10.6 Å². The molecule has 0 unspecified atom stereocenters. The van der Waals surface area contributed by atoms with Crippen LogP contribution in [0, 0.1) is 13.8 Å². The van der Waals surface area contributed by atoms with Gasteiger partial charge in [-0.05, 0) is 37.1 Å². The van der Waals surface area contributed by atoms with Crippen LogP contribution in [0.25, 0.3) is 10.8 Å². The number of fused-ring (bicyclic) bond motifs is 1. The van der Waals surface area contributed by atoms with Gasteiger partial charge in [-0.2, -0.15) is 5.10 Å². The molecule has 5 heteroatoms. The van der Waals surface area contributed by atoms with Crippen LogP contribution in [0.1, 0.15) is 35.5 Å². The molecule has 2 amide bonds. The van der Waals surface area contributed by atoms with E-state index >= 15 is 0 Å². The van der Waals surface area contributed by atoms with Gasteiger partial charge in [-0.15, -0.1) is 0 Å². The molecule has 3 aromatic rings. The van der Waals surface area contributed by atoms with Gasteiger partial charge in [-0.1, -0.05) is 42.5 Å². The fourth-order valence-electron chi connectivity index (χ4n) is 3.36. The molecule has 1 atom stereocenters. The molecule has 0 aliphatic carbocycles. The Balaban J connectivity index is 1.66. The normalized spacial score (nSPS) is 12.2. The molecule has 0 aliphatic rings. The number of carbonyl (C=O) groups is 1. The van der Waals surface area contributed by atoms with E-state index in [1.165, 1.54) is 5.39 Å². The van der Waals surface area contributed by atoms with Crippen molar-refractivity contribution >= 4 is 16.8 Å². The van der Waals surface area contributed by atoms with E-state index in [9.17, 15) is 4.79 Å². The molecule has 0 saturated heterocycles. The zero-order chi connectivity index (χ0) is 18.0. The molecule has 1 heterocycles. The maximum atomic E-state index is 12.3. The monoisotopic (exact) mass is 336 g/mol. The lowest BCUT2D eigenvalue weighted by Crippen LogP contribution is -2.37. The van der Waals surface area contributed by atoms with E-state index in [2.05, 4.69) is 33.9 Å². The summed E-state index contributed by atoms with van der Waals surface area (Å²) in [6, 6.07) is 14.1. The first-order valence-electron chi connectivity index (χ1n) is 8.48. The Hall–Kier alpha value is -2.82. The first-order chi connectivity index (χ1) is 12.0. The fraction of sp³-hybridized carbons (Fsp3) is 0.300. The number of aryl methyl sites for hydroxylation is 2. The van der Waals surface area contributed by atoms with E-state index in [0.717, 1.165) is 27.9 Å². The van der Waals surface area contributed by atoms with Crippen molar-refractivity contribution in [2.75, 3.05) is 0 Å². The summed E-state index contributed by atoms with van der Waals surface area (Å²) in [5.74, 6) is 0. The number of hydrogen-bond acceptors (Lipinski definition) is 2. The third-order valence-electron chi connectivity index (χ3n) is 4.66. The summed E-state index contributed by atoms with van der Waals surface area (Å²) in [6.07, 6.45) is 0. The zero-order valence-corrected chi connectivity index (χ0v) is 15.1. The van der Waals surface area contributed by atoms with Crippen molar-refractivity contribution in [3.05, 3.63) is 65.0 Å². The summed E-state index contributed by atoms with van der Waals surface area (Å²) >= 11 is 0. The van der Waals surface area contributed by atoms with E-state index < -0.39 is 0 Å². The van der Waals surface area contributed by atoms with Gasteiger partial charge in [0.25, 0.3) is 0 Å². The predicted octanol–water partition coefficient (Wildman–Crippen LogP) is 3.75. The fourth-order valence-corrected chi connectivity index (χ4v) is 3.36. The van der Waals surface area contributed by atoms with Gasteiger partial charge >= 0.3 is 6.03 Å². The summed E-state index contributed by atoms with van der Waals surface area (Å²) in [5.41, 5.74) is 4.19. The Morgan fingerprint density at radius 1 is 1.16 bits per heavy atom. The summed E-state index contributed by atoms with van der Waals surface area (Å²) in [6.45, 7) is 6.45. The van der Waals surface area contributed by atoms with Crippen LogP contribution in [0.2, 0.25) is 0 Å². The standard InChI is InChI=1S/C20H24N4O/c1-13(19-14(2)23-24(4)15(19)3)22-20(25)21-12-17-10-7-9-16-8-5-6-11-18(16)17/h5-11,13H,12H2,1-4H3,(H2,21,22,25)/t13-/m0/s1. The van der Waals surface area contributed by atoms with Crippen molar-refractivity contribution in [2.24, 2.45) is 7.05 Å². The van der Waals surface area contributed by atoms with Crippen molar-refractivity contribution in [3.63, 3.8) is 0 Å². The Morgan fingerprint density at radius 3 is 2.60 bits per heavy atom. The number of carbonyl (C=O) groups excluding carboxylic acids is 1. The molecular formula is C20H24N4O. The number of nitrogens with zero attached hydrogens (tertiary/aromatic N) is 2. The van der Waals surface area contributed by atoms with Crippen LogP contribution in [0.3, 0.4) is 0 Å².